The molecule has 1 saturated carbocycles. The highest BCUT2D eigenvalue weighted by Gasteiger charge is 2.31. The first-order valence-electron chi connectivity index (χ1n) is 7.09. The molecule has 2 aromatic rings. The lowest BCUT2D eigenvalue weighted by molar-refractivity contribution is 0.0242. The van der Waals surface area contributed by atoms with Gasteiger partial charge in [-0.25, -0.2) is 0 Å². The van der Waals surface area contributed by atoms with E-state index in [0.717, 1.165) is 16.0 Å². The van der Waals surface area contributed by atoms with Gasteiger partial charge >= 0.3 is 0 Å². The fraction of sp³-hybridized carbons (Fsp3) is 0.533. The predicted molar refractivity (Wildman–Crippen MR) is 80.7 cm³/mol. The van der Waals surface area contributed by atoms with Crippen LogP contribution in [0.2, 0.25) is 0 Å². The van der Waals surface area contributed by atoms with Crippen molar-refractivity contribution in [2.45, 2.75) is 38.5 Å². The van der Waals surface area contributed by atoms with E-state index in [4.69, 9.17) is 10.5 Å². The molecule has 4 nitrogen and oxygen atoms in total. The third-order valence-corrected chi connectivity index (χ3v) is 4.80. The van der Waals surface area contributed by atoms with Crippen LogP contribution < -0.4 is 10.5 Å². The van der Waals surface area contributed by atoms with E-state index in [1.165, 1.54) is 24.4 Å². The van der Waals surface area contributed by atoms with Crippen molar-refractivity contribution < 1.29 is 9.84 Å². The first kappa shape index (κ1) is 13.8. The molecule has 20 heavy (non-hydrogen) atoms. The minimum Gasteiger partial charge on any atom is -0.472 e. The van der Waals surface area contributed by atoms with E-state index in [1.807, 2.05) is 18.2 Å². The van der Waals surface area contributed by atoms with Crippen LogP contribution >= 0.6 is 11.5 Å². The number of hydrogen-bond acceptors (Lipinski definition) is 5. The Balaban J connectivity index is 1.65. The monoisotopic (exact) mass is 292 g/mol. The first-order valence-corrected chi connectivity index (χ1v) is 7.86. The summed E-state index contributed by atoms with van der Waals surface area (Å²) in [5, 5.41) is 11.1. The maximum Gasteiger partial charge on any atom is 0.173 e. The smallest absolute Gasteiger partial charge is 0.173 e. The van der Waals surface area contributed by atoms with Crippen LogP contribution in [0.4, 0.5) is 0 Å². The quantitative estimate of drug-likeness (QED) is 0.803. The van der Waals surface area contributed by atoms with Crippen molar-refractivity contribution in [3.05, 3.63) is 24.4 Å². The number of nitrogens with two attached hydrogens (primary N) is 1. The zero-order chi connectivity index (χ0) is 14.1. The van der Waals surface area contributed by atoms with Crippen molar-refractivity contribution >= 4 is 21.6 Å². The lowest BCUT2D eigenvalue weighted by Gasteiger charge is -2.23. The summed E-state index contributed by atoms with van der Waals surface area (Å²) in [6.45, 7) is 2.18. The van der Waals surface area contributed by atoms with Crippen LogP contribution in [0.3, 0.4) is 0 Å². The van der Waals surface area contributed by atoms with E-state index < -0.39 is 12.3 Å². The second kappa shape index (κ2) is 5.68. The lowest BCUT2D eigenvalue weighted by atomic mass is 9.98. The van der Waals surface area contributed by atoms with Crippen molar-refractivity contribution in [1.82, 2.24) is 4.37 Å². The van der Waals surface area contributed by atoms with Gasteiger partial charge in [0.2, 0.25) is 0 Å². The number of fused-ring (bicyclic) bond motifs is 1. The molecule has 5 heteroatoms. The molecule has 3 atom stereocenters. The van der Waals surface area contributed by atoms with Crippen molar-refractivity contribution in [3.63, 3.8) is 0 Å². The summed E-state index contributed by atoms with van der Waals surface area (Å²) in [5.74, 6) is 1.97. The standard InChI is InChI=1S/C15H20N2O2S/c1-9(10-5-6-10)7-12(18)15(16)19-13-3-2-4-14-11(13)8-17-20-14/h2-4,8-10,12,15,18H,5-7,16H2,1H3. The van der Waals surface area contributed by atoms with Gasteiger partial charge in [0, 0.05) is 0 Å². The van der Waals surface area contributed by atoms with Gasteiger partial charge in [-0.1, -0.05) is 13.0 Å². The Morgan fingerprint density at radius 1 is 1.50 bits per heavy atom. The third kappa shape index (κ3) is 2.95. The fourth-order valence-corrected chi connectivity index (χ4v) is 3.23. The highest BCUT2D eigenvalue weighted by Crippen LogP contribution is 2.39. The molecule has 108 valence electrons. The minimum absolute atomic E-state index is 0.512. The normalized spacial score (nSPS) is 19.8. The number of rotatable bonds is 6. The van der Waals surface area contributed by atoms with E-state index in [2.05, 4.69) is 11.3 Å². The maximum atomic E-state index is 10.2. The molecule has 3 rings (SSSR count). The first-order chi connectivity index (χ1) is 9.65. The molecule has 1 aliphatic carbocycles. The van der Waals surface area contributed by atoms with Crippen molar-refractivity contribution in [3.8, 4) is 5.75 Å². The molecule has 0 radical (unpaired) electrons. The summed E-state index contributed by atoms with van der Waals surface area (Å²) < 4.78 is 11.0. The van der Waals surface area contributed by atoms with Gasteiger partial charge in [0.05, 0.1) is 16.3 Å². The van der Waals surface area contributed by atoms with Crippen LogP contribution in [0, 0.1) is 11.8 Å². The van der Waals surface area contributed by atoms with Crippen molar-refractivity contribution in [2.24, 2.45) is 17.6 Å². The number of aliphatic hydroxyl groups is 1. The van der Waals surface area contributed by atoms with E-state index in [1.54, 1.807) is 6.20 Å². The number of aliphatic hydroxyl groups excluding tert-OH is 1. The molecular weight excluding hydrogens is 272 g/mol. The average Bonchev–Trinajstić information content (AvgIpc) is 3.17. The SMILES string of the molecule is CC(CC(O)C(N)Oc1cccc2sncc12)C1CC1. The molecular formula is C15H20N2O2S. The van der Waals surface area contributed by atoms with Crippen LogP contribution in [0.1, 0.15) is 26.2 Å². The van der Waals surface area contributed by atoms with Crippen LogP contribution in [-0.4, -0.2) is 21.8 Å². The van der Waals surface area contributed by atoms with E-state index >= 15 is 0 Å². The summed E-state index contributed by atoms with van der Waals surface area (Å²) in [7, 11) is 0. The highest BCUT2D eigenvalue weighted by molar-refractivity contribution is 7.13. The van der Waals surface area contributed by atoms with Gasteiger partial charge in [-0.2, -0.15) is 4.37 Å². The minimum atomic E-state index is -0.693. The zero-order valence-electron chi connectivity index (χ0n) is 11.5. The Bertz CT molecular complexity index is 582. The third-order valence-electron chi connectivity index (χ3n) is 4.04. The van der Waals surface area contributed by atoms with Gasteiger partial charge in [0.1, 0.15) is 11.9 Å². The average molecular weight is 292 g/mol. The summed E-state index contributed by atoms with van der Waals surface area (Å²) in [4.78, 5) is 0. The molecule has 0 aliphatic heterocycles. The van der Waals surface area contributed by atoms with E-state index in [0.29, 0.717) is 18.1 Å². The van der Waals surface area contributed by atoms with Crippen LogP contribution in [0.5, 0.6) is 5.75 Å². The van der Waals surface area contributed by atoms with E-state index in [9.17, 15) is 5.11 Å². The molecule has 1 aromatic carbocycles. The summed E-state index contributed by atoms with van der Waals surface area (Å²) in [6, 6.07) is 5.78. The van der Waals surface area contributed by atoms with Gasteiger partial charge in [-0.15, -0.1) is 0 Å². The molecule has 0 spiro atoms. The van der Waals surface area contributed by atoms with E-state index in [-0.39, 0.29) is 0 Å². The number of aromatic nitrogens is 1. The van der Waals surface area contributed by atoms with Gasteiger partial charge in [-0.05, 0) is 54.8 Å². The number of hydrogen-bond donors (Lipinski definition) is 2. The summed E-state index contributed by atoms with van der Waals surface area (Å²) in [6.07, 6.45) is 3.72. The number of nitrogens with zero attached hydrogens (tertiary/aromatic N) is 1. The molecule has 0 saturated heterocycles. The molecule has 0 amide bonds. The Labute approximate surface area is 122 Å². The second-order valence-corrected chi connectivity index (χ2v) is 6.53. The predicted octanol–water partition coefficient (Wildman–Crippen LogP) is 2.76. The molecule has 1 aliphatic rings. The number of ether oxygens (including phenoxy) is 1. The number of benzene rings is 1. The molecule has 3 N–H and O–H groups in total. The molecule has 1 aromatic heterocycles. The maximum absolute atomic E-state index is 10.2. The summed E-state index contributed by atoms with van der Waals surface area (Å²) in [5.41, 5.74) is 5.99. The van der Waals surface area contributed by atoms with Gasteiger partial charge in [0.25, 0.3) is 0 Å². The zero-order valence-corrected chi connectivity index (χ0v) is 12.3. The van der Waals surface area contributed by atoms with Gasteiger partial charge in [0.15, 0.2) is 6.23 Å². The Hall–Kier alpha value is -1.17. The summed E-state index contributed by atoms with van der Waals surface area (Å²) >= 11 is 1.43. The van der Waals surface area contributed by atoms with Crippen LogP contribution in [0.15, 0.2) is 24.4 Å². The Morgan fingerprint density at radius 2 is 2.30 bits per heavy atom. The lowest BCUT2D eigenvalue weighted by Crippen LogP contribution is -2.40. The topological polar surface area (TPSA) is 68.4 Å². The van der Waals surface area contributed by atoms with Crippen LogP contribution in [-0.2, 0) is 0 Å². The molecule has 3 unspecified atom stereocenters. The fourth-order valence-electron chi connectivity index (χ4n) is 2.57. The Kier molecular flexibility index (Phi) is 3.92. The molecule has 1 fully saturated rings. The van der Waals surface area contributed by atoms with Crippen molar-refractivity contribution in [2.75, 3.05) is 0 Å². The second-order valence-electron chi connectivity index (χ2n) is 5.69. The molecule has 1 heterocycles. The van der Waals surface area contributed by atoms with Crippen LogP contribution in [0.25, 0.3) is 10.1 Å². The Morgan fingerprint density at radius 3 is 3.05 bits per heavy atom. The van der Waals surface area contributed by atoms with Crippen molar-refractivity contribution in [1.29, 1.82) is 0 Å². The highest BCUT2D eigenvalue weighted by atomic mass is 32.1. The largest absolute Gasteiger partial charge is 0.472 e. The van der Waals surface area contributed by atoms with Gasteiger partial charge < -0.3 is 9.84 Å². The molecule has 0 bridgehead atoms. The van der Waals surface area contributed by atoms with Gasteiger partial charge in [-0.3, -0.25) is 5.73 Å².